The van der Waals surface area contributed by atoms with Crippen LogP contribution in [-0.2, 0) is 5.54 Å². The van der Waals surface area contributed by atoms with Gasteiger partial charge in [0.25, 0.3) is 0 Å². The summed E-state index contributed by atoms with van der Waals surface area (Å²) in [7, 11) is 0. The summed E-state index contributed by atoms with van der Waals surface area (Å²) < 4.78 is 0. The van der Waals surface area contributed by atoms with Gasteiger partial charge in [-0.05, 0) is 33.6 Å². The van der Waals surface area contributed by atoms with Gasteiger partial charge in [0.1, 0.15) is 21.8 Å². The van der Waals surface area contributed by atoms with Crippen LogP contribution in [0, 0.1) is 6.92 Å². The predicted molar refractivity (Wildman–Crippen MR) is 82.5 cm³/mol. The molecule has 2 aromatic rings. The highest BCUT2D eigenvalue weighted by Crippen LogP contribution is 2.40. The predicted octanol–water partition coefficient (Wildman–Crippen LogP) is 4.12. The lowest BCUT2D eigenvalue weighted by Crippen LogP contribution is -2.29. The molecular weight excluding hydrogens is 292 g/mol. The summed E-state index contributed by atoms with van der Waals surface area (Å²) in [4.78, 5) is 13.4. The Labute approximate surface area is 127 Å². The van der Waals surface area contributed by atoms with Crippen LogP contribution in [0.15, 0.2) is 11.6 Å². The van der Waals surface area contributed by atoms with Crippen LogP contribution in [0.5, 0.6) is 0 Å². The number of hydrogen-bond acceptors (Lipinski definition) is 5. The molecule has 2 aromatic heterocycles. The Morgan fingerprint density at radius 1 is 1.35 bits per heavy atom. The van der Waals surface area contributed by atoms with Crippen LogP contribution < -0.4 is 5.32 Å². The molecule has 1 aliphatic carbocycles. The second-order valence-corrected chi connectivity index (χ2v) is 6.96. The van der Waals surface area contributed by atoms with E-state index in [9.17, 15) is 0 Å². The van der Waals surface area contributed by atoms with Crippen LogP contribution in [0.25, 0.3) is 0 Å². The van der Waals surface area contributed by atoms with E-state index in [4.69, 9.17) is 11.6 Å². The molecule has 1 aliphatic rings. The molecule has 0 spiro atoms. The largest absolute Gasteiger partial charge is 0.358 e. The number of nitrogens with one attached hydrogen (secondary N) is 1. The third kappa shape index (κ3) is 2.65. The summed E-state index contributed by atoms with van der Waals surface area (Å²) in [6.07, 6.45) is 4.14. The highest BCUT2D eigenvalue weighted by atomic mass is 35.5. The summed E-state index contributed by atoms with van der Waals surface area (Å²) in [5, 5.41) is 7.01. The summed E-state index contributed by atoms with van der Waals surface area (Å²) in [6.45, 7) is 6.13. The quantitative estimate of drug-likeness (QED) is 0.863. The van der Waals surface area contributed by atoms with Gasteiger partial charge < -0.3 is 5.32 Å². The fourth-order valence-corrected chi connectivity index (χ4v) is 2.93. The van der Waals surface area contributed by atoms with Crippen molar-refractivity contribution in [3.05, 3.63) is 33.1 Å². The van der Waals surface area contributed by atoms with Gasteiger partial charge in [0.15, 0.2) is 0 Å². The maximum atomic E-state index is 6.24. The molecule has 1 fully saturated rings. The Morgan fingerprint density at radius 2 is 2.10 bits per heavy atom. The normalized spacial score (nSPS) is 15.4. The molecule has 2 heterocycles. The summed E-state index contributed by atoms with van der Waals surface area (Å²) in [5.74, 6) is 2.15. The zero-order valence-electron chi connectivity index (χ0n) is 11.8. The minimum atomic E-state index is -0.280. The van der Waals surface area contributed by atoms with Gasteiger partial charge in [0, 0.05) is 23.1 Å². The first-order chi connectivity index (χ1) is 9.47. The molecule has 0 atom stereocenters. The first-order valence-electron chi connectivity index (χ1n) is 6.69. The van der Waals surface area contributed by atoms with Gasteiger partial charge in [-0.1, -0.05) is 11.6 Å². The van der Waals surface area contributed by atoms with Crippen molar-refractivity contribution in [3.8, 4) is 0 Å². The van der Waals surface area contributed by atoms with Crippen molar-refractivity contribution in [1.82, 2.24) is 15.0 Å². The summed E-state index contributed by atoms with van der Waals surface area (Å²) in [5.41, 5.74) is 0.609. The van der Waals surface area contributed by atoms with Crippen molar-refractivity contribution in [3.63, 3.8) is 0 Å². The van der Waals surface area contributed by atoms with E-state index in [0.717, 1.165) is 35.1 Å². The molecule has 1 N–H and O–H groups in total. The van der Waals surface area contributed by atoms with E-state index in [0.29, 0.717) is 11.1 Å². The number of nitrogens with zero attached hydrogens (tertiary/aromatic N) is 3. The van der Waals surface area contributed by atoms with E-state index >= 15 is 0 Å². The third-order valence-electron chi connectivity index (χ3n) is 3.44. The summed E-state index contributed by atoms with van der Waals surface area (Å²) >= 11 is 7.87. The Kier molecular flexibility index (Phi) is 3.42. The Bertz CT molecular complexity index is 620. The maximum absolute atomic E-state index is 6.24. The van der Waals surface area contributed by atoms with Gasteiger partial charge >= 0.3 is 0 Å². The van der Waals surface area contributed by atoms with Gasteiger partial charge in [-0.25, -0.2) is 15.0 Å². The third-order valence-corrected chi connectivity index (χ3v) is 4.91. The number of halogens is 1. The van der Waals surface area contributed by atoms with E-state index < -0.39 is 0 Å². The van der Waals surface area contributed by atoms with Crippen LogP contribution in [-0.4, -0.2) is 15.0 Å². The fourth-order valence-electron chi connectivity index (χ4n) is 2.03. The molecule has 0 radical (unpaired) electrons. The van der Waals surface area contributed by atoms with Crippen molar-refractivity contribution in [2.45, 2.75) is 45.1 Å². The van der Waals surface area contributed by atoms with Crippen LogP contribution in [0.4, 0.5) is 5.82 Å². The lowest BCUT2D eigenvalue weighted by Gasteiger charge is -2.25. The number of aromatic nitrogens is 3. The van der Waals surface area contributed by atoms with Gasteiger partial charge in [-0.15, -0.1) is 11.3 Å². The standard InChI is InChI=1S/C14H17ClN4S/c1-8-10(15)17-12(9-4-5-9)18-11(8)19-14(2,3)13-16-6-7-20-13/h6-7,9H,4-5H2,1-3H3,(H,17,18,19). The van der Waals surface area contributed by atoms with E-state index in [2.05, 4.69) is 34.1 Å². The Morgan fingerprint density at radius 3 is 2.70 bits per heavy atom. The number of rotatable bonds is 4. The van der Waals surface area contributed by atoms with E-state index in [1.807, 2.05) is 18.5 Å². The SMILES string of the molecule is Cc1c(Cl)nc(C2CC2)nc1NC(C)(C)c1nccs1. The number of anilines is 1. The smallest absolute Gasteiger partial charge is 0.137 e. The zero-order chi connectivity index (χ0) is 14.3. The van der Waals surface area contributed by atoms with Crippen molar-refractivity contribution < 1.29 is 0 Å². The molecule has 3 rings (SSSR count). The molecule has 0 aliphatic heterocycles. The Hall–Kier alpha value is -1.20. The lowest BCUT2D eigenvalue weighted by molar-refractivity contribution is 0.598. The molecule has 0 aromatic carbocycles. The molecule has 0 unspecified atom stereocenters. The van der Waals surface area contributed by atoms with Crippen molar-refractivity contribution in [2.75, 3.05) is 5.32 Å². The first kappa shape index (κ1) is 13.8. The summed E-state index contributed by atoms with van der Waals surface area (Å²) in [6, 6.07) is 0. The molecule has 106 valence electrons. The van der Waals surface area contributed by atoms with Crippen LogP contribution in [0.3, 0.4) is 0 Å². The molecular formula is C14H17ClN4S. The fraction of sp³-hybridized carbons (Fsp3) is 0.500. The molecule has 0 bridgehead atoms. The molecule has 4 nitrogen and oxygen atoms in total. The van der Waals surface area contributed by atoms with Crippen LogP contribution in [0.2, 0.25) is 5.15 Å². The highest BCUT2D eigenvalue weighted by Gasteiger charge is 2.30. The van der Waals surface area contributed by atoms with Gasteiger partial charge in [0.2, 0.25) is 0 Å². The molecule has 1 saturated carbocycles. The van der Waals surface area contributed by atoms with E-state index in [1.165, 1.54) is 0 Å². The van der Waals surface area contributed by atoms with Crippen molar-refractivity contribution in [2.24, 2.45) is 0 Å². The second kappa shape index (κ2) is 4.97. The molecule has 0 amide bonds. The second-order valence-electron chi connectivity index (χ2n) is 5.71. The topological polar surface area (TPSA) is 50.7 Å². The highest BCUT2D eigenvalue weighted by molar-refractivity contribution is 7.09. The van der Waals surface area contributed by atoms with Crippen LogP contribution >= 0.6 is 22.9 Å². The average Bonchev–Trinajstić information content (AvgIpc) is 3.08. The van der Waals surface area contributed by atoms with Crippen molar-refractivity contribution >= 4 is 28.8 Å². The monoisotopic (exact) mass is 308 g/mol. The molecule has 20 heavy (non-hydrogen) atoms. The Balaban J connectivity index is 1.93. The average molecular weight is 309 g/mol. The first-order valence-corrected chi connectivity index (χ1v) is 7.95. The molecule has 6 heteroatoms. The van der Waals surface area contributed by atoms with Gasteiger partial charge in [-0.2, -0.15) is 0 Å². The maximum Gasteiger partial charge on any atom is 0.137 e. The van der Waals surface area contributed by atoms with Gasteiger partial charge in [-0.3, -0.25) is 0 Å². The van der Waals surface area contributed by atoms with Crippen molar-refractivity contribution in [1.29, 1.82) is 0 Å². The van der Waals surface area contributed by atoms with E-state index in [-0.39, 0.29) is 5.54 Å². The number of hydrogen-bond donors (Lipinski definition) is 1. The van der Waals surface area contributed by atoms with Crippen LogP contribution in [0.1, 0.15) is 49.0 Å². The minimum absolute atomic E-state index is 0.280. The molecule has 0 saturated heterocycles. The van der Waals surface area contributed by atoms with Gasteiger partial charge in [0.05, 0.1) is 5.54 Å². The lowest BCUT2D eigenvalue weighted by atomic mass is 10.1. The minimum Gasteiger partial charge on any atom is -0.358 e. The number of thiazole rings is 1. The van der Waals surface area contributed by atoms with E-state index in [1.54, 1.807) is 11.3 Å². The zero-order valence-corrected chi connectivity index (χ0v) is 13.3.